The summed E-state index contributed by atoms with van der Waals surface area (Å²) in [4.78, 5) is 0. The SMILES string of the molecule is ClC(Cl)(Cl)c1nnc(-c2ccc(C=Cc3ccc4c(c3)OCO4)cc2)o1. The third-order valence-electron chi connectivity index (χ3n) is 3.69. The maximum atomic E-state index is 5.73. The number of rotatable bonds is 3. The van der Waals surface area contributed by atoms with Gasteiger partial charge in [0.25, 0.3) is 9.68 Å². The minimum Gasteiger partial charge on any atom is -0.454 e. The van der Waals surface area contributed by atoms with Gasteiger partial charge in [-0.3, -0.25) is 0 Å². The largest absolute Gasteiger partial charge is 0.454 e. The van der Waals surface area contributed by atoms with Crippen LogP contribution >= 0.6 is 34.8 Å². The standard InChI is InChI=1S/C18H11Cl3N2O3/c19-18(20,21)17-23-22-16(26-17)13-6-3-11(4-7-13)1-2-12-5-8-14-15(9-12)25-10-24-14/h1-9H,10H2. The van der Waals surface area contributed by atoms with E-state index in [1.165, 1.54) is 0 Å². The van der Waals surface area contributed by atoms with Crippen molar-refractivity contribution in [3.63, 3.8) is 0 Å². The summed E-state index contributed by atoms with van der Waals surface area (Å²) in [6, 6.07) is 13.4. The zero-order valence-electron chi connectivity index (χ0n) is 13.2. The van der Waals surface area contributed by atoms with Crippen LogP contribution in [0, 0.1) is 0 Å². The lowest BCUT2D eigenvalue weighted by atomic mass is 10.1. The topological polar surface area (TPSA) is 57.4 Å². The van der Waals surface area contributed by atoms with Crippen molar-refractivity contribution in [2.45, 2.75) is 3.79 Å². The third-order valence-corrected chi connectivity index (χ3v) is 4.17. The van der Waals surface area contributed by atoms with Crippen LogP contribution in [0.5, 0.6) is 11.5 Å². The van der Waals surface area contributed by atoms with Crippen molar-refractivity contribution in [3.8, 4) is 23.0 Å². The Morgan fingerprint density at radius 2 is 1.54 bits per heavy atom. The first-order valence-corrected chi connectivity index (χ1v) is 8.71. The number of fused-ring (bicyclic) bond motifs is 1. The average molecular weight is 410 g/mol. The van der Waals surface area contributed by atoms with Crippen LogP contribution < -0.4 is 9.47 Å². The van der Waals surface area contributed by atoms with Crippen LogP contribution in [0.25, 0.3) is 23.6 Å². The summed E-state index contributed by atoms with van der Waals surface area (Å²) in [7, 11) is 0. The van der Waals surface area contributed by atoms with Gasteiger partial charge in [-0.15, -0.1) is 10.2 Å². The Bertz CT molecular complexity index is 963. The maximum Gasteiger partial charge on any atom is 0.268 e. The highest BCUT2D eigenvalue weighted by atomic mass is 35.6. The van der Waals surface area contributed by atoms with Gasteiger partial charge >= 0.3 is 0 Å². The van der Waals surface area contributed by atoms with Crippen molar-refractivity contribution < 1.29 is 13.9 Å². The van der Waals surface area contributed by atoms with Crippen molar-refractivity contribution >= 4 is 47.0 Å². The number of halogens is 3. The van der Waals surface area contributed by atoms with Crippen LogP contribution in [0.2, 0.25) is 0 Å². The molecule has 0 atom stereocenters. The minimum atomic E-state index is -1.74. The molecule has 2 heterocycles. The van der Waals surface area contributed by atoms with Gasteiger partial charge in [-0.05, 0) is 35.4 Å². The minimum absolute atomic E-state index is 0.0655. The van der Waals surface area contributed by atoms with Crippen molar-refractivity contribution in [3.05, 3.63) is 59.5 Å². The van der Waals surface area contributed by atoms with Gasteiger partial charge in [0.1, 0.15) is 0 Å². The van der Waals surface area contributed by atoms with E-state index in [0.717, 1.165) is 28.2 Å². The first kappa shape index (κ1) is 17.2. The van der Waals surface area contributed by atoms with E-state index in [4.69, 9.17) is 48.7 Å². The lowest BCUT2D eigenvalue weighted by molar-refractivity contribution is 0.174. The van der Waals surface area contributed by atoms with Gasteiger partial charge in [0.05, 0.1) is 0 Å². The van der Waals surface area contributed by atoms with Crippen LogP contribution in [0.1, 0.15) is 17.0 Å². The number of ether oxygens (including phenoxy) is 2. The summed E-state index contributed by atoms with van der Waals surface area (Å²) in [5.41, 5.74) is 2.76. The second kappa shape index (κ2) is 6.83. The van der Waals surface area contributed by atoms with Gasteiger partial charge in [0.2, 0.25) is 12.7 Å². The number of aromatic nitrogens is 2. The smallest absolute Gasteiger partial charge is 0.268 e. The molecule has 3 aromatic rings. The van der Waals surface area contributed by atoms with Crippen molar-refractivity contribution in [1.29, 1.82) is 0 Å². The Hall–Kier alpha value is -2.21. The molecule has 1 aliphatic rings. The molecule has 0 unspecified atom stereocenters. The molecule has 5 nitrogen and oxygen atoms in total. The second-order valence-electron chi connectivity index (χ2n) is 5.48. The van der Waals surface area contributed by atoms with Crippen LogP contribution in [0.3, 0.4) is 0 Å². The summed E-state index contributed by atoms with van der Waals surface area (Å²) in [6.45, 7) is 0.264. The maximum absolute atomic E-state index is 5.73. The molecule has 2 aromatic carbocycles. The molecule has 0 spiro atoms. The average Bonchev–Trinajstić information content (AvgIpc) is 3.29. The highest BCUT2D eigenvalue weighted by molar-refractivity contribution is 6.66. The number of benzene rings is 2. The molecule has 0 saturated carbocycles. The Morgan fingerprint density at radius 3 is 2.27 bits per heavy atom. The van der Waals surface area contributed by atoms with Gasteiger partial charge < -0.3 is 13.9 Å². The van der Waals surface area contributed by atoms with Crippen molar-refractivity contribution in [2.24, 2.45) is 0 Å². The molecule has 0 bridgehead atoms. The summed E-state index contributed by atoms with van der Waals surface area (Å²) in [5, 5.41) is 7.64. The summed E-state index contributed by atoms with van der Waals surface area (Å²) in [6.07, 6.45) is 3.98. The fourth-order valence-electron chi connectivity index (χ4n) is 2.40. The van der Waals surface area contributed by atoms with E-state index >= 15 is 0 Å². The molecule has 1 aromatic heterocycles. The Morgan fingerprint density at radius 1 is 0.846 bits per heavy atom. The molecule has 0 amide bonds. The summed E-state index contributed by atoms with van der Waals surface area (Å²) >= 11 is 17.2. The van der Waals surface area contributed by atoms with Gasteiger partial charge in [0, 0.05) is 5.56 Å². The Labute approximate surface area is 164 Å². The number of nitrogens with zero attached hydrogens (tertiary/aromatic N) is 2. The van der Waals surface area contributed by atoms with Gasteiger partial charge in [-0.2, -0.15) is 0 Å². The third kappa shape index (κ3) is 3.65. The molecule has 0 saturated heterocycles. The van der Waals surface area contributed by atoms with Crippen molar-refractivity contribution in [1.82, 2.24) is 10.2 Å². The van der Waals surface area contributed by atoms with E-state index in [2.05, 4.69) is 10.2 Å². The van der Waals surface area contributed by atoms with E-state index in [1.807, 2.05) is 54.6 Å². The molecular formula is C18H11Cl3N2O3. The predicted molar refractivity (Wildman–Crippen MR) is 100 cm³/mol. The van der Waals surface area contributed by atoms with E-state index in [9.17, 15) is 0 Å². The Kier molecular flexibility index (Phi) is 4.53. The second-order valence-corrected chi connectivity index (χ2v) is 7.76. The van der Waals surface area contributed by atoms with Crippen LogP contribution in [0.15, 0.2) is 46.9 Å². The summed E-state index contributed by atoms with van der Waals surface area (Å²) in [5.74, 6) is 1.74. The molecule has 0 N–H and O–H groups in total. The van der Waals surface area contributed by atoms with Gasteiger partial charge in [-0.1, -0.05) is 65.2 Å². The predicted octanol–water partition coefficient (Wildman–Crippen LogP) is 5.46. The van der Waals surface area contributed by atoms with Crippen LogP contribution in [-0.4, -0.2) is 17.0 Å². The van der Waals surface area contributed by atoms with E-state index in [-0.39, 0.29) is 18.6 Å². The number of alkyl halides is 3. The highest BCUT2D eigenvalue weighted by Gasteiger charge is 2.30. The normalized spacial score (nSPS) is 13.5. The Balaban J connectivity index is 1.50. The molecular weight excluding hydrogens is 399 g/mol. The number of hydrogen-bond acceptors (Lipinski definition) is 5. The first-order chi connectivity index (χ1) is 12.5. The molecule has 0 fully saturated rings. The molecule has 26 heavy (non-hydrogen) atoms. The molecule has 4 rings (SSSR count). The van der Waals surface area contributed by atoms with Gasteiger partial charge in [-0.25, -0.2) is 0 Å². The molecule has 0 radical (unpaired) electrons. The molecule has 132 valence electrons. The number of hydrogen-bond donors (Lipinski definition) is 0. The van der Waals surface area contributed by atoms with E-state index in [0.29, 0.717) is 0 Å². The van der Waals surface area contributed by atoms with Crippen LogP contribution in [-0.2, 0) is 3.79 Å². The molecule has 0 aliphatic carbocycles. The van der Waals surface area contributed by atoms with Crippen molar-refractivity contribution in [2.75, 3.05) is 6.79 Å². The molecule has 8 heteroatoms. The van der Waals surface area contributed by atoms with Crippen LogP contribution in [0.4, 0.5) is 0 Å². The quantitative estimate of drug-likeness (QED) is 0.424. The first-order valence-electron chi connectivity index (χ1n) is 7.58. The van der Waals surface area contributed by atoms with Gasteiger partial charge in [0.15, 0.2) is 11.5 Å². The zero-order chi connectivity index (χ0) is 18.1. The lowest BCUT2D eigenvalue weighted by Gasteiger charge is -2.02. The monoisotopic (exact) mass is 408 g/mol. The fourth-order valence-corrected chi connectivity index (χ4v) is 2.63. The fraction of sp³-hybridized carbons (Fsp3) is 0.111. The van der Waals surface area contributed by atoms with E-state index in [1.54, 1.807) is 0 Å². The highest BCUT2D eigenvalue weighted by Crippen LogP contribution is 2.38. The zero-order valence-corrected chi connectivity index (χ0v) is 15.4. The lowest BCUT2D eigenvalue weighted by Crippen LogP contribution is -1.99. The van der Waals surface area contributed by atoms with E-state index < -0.39 is 3.79 Å². The summed E-state index contributed by atoms with van der Waals surface area (Å²) < 4.78 is 14.3. The molecule has 1 aliphatic heterocycles.